The van der Waals surface area contributed by atoms with E-state index < -0.39 is 0 Å². The molecule has 0 aromatic heterocycles. The van der Waals surface area contributed by atoms with Crippen LogP contribution < -0.4 is 15.1 Å². The molecule has 0 unspecified atom stereocenters. The van der Waals surface area contributed by atoms with E-state index in [4.69, 9.17) is 0 Å². The van der Waals surface area contributed by atoms with Gasteiger partial charge in [0, 0.05) is 17.8 Å². The molecule has 1 aliphatic heterocycles. The van der Waals surface area contributed by atoms with Gasteiger partial charge in [-0.1, -0.05) is 31.4 Å². The number of aryl methyl sites for hydroxylation is 1. The Labute approximate surface area is 188 Å². The fourth-order valence-electron chi connectivity index (χ4n) is 5.20. The van der Waals surface area contributed by atoms with E-state index in [-0.39, 0.29) is 11.9 Å². The van der Waals surface area contributed by atoms with Crippen molar-refractivity contribution in [1.82, 2.24) is 4.90 Å². The zero-order valence-corrected chi connectivity index (χ0v) is 19.9. The number of anilines is 1. The van der Waals surface area contributed by atoms with Gasteiger partial charge in [0.15, 0.2) is 13.1 Å². The summed E-state index contributed by atoms with van der Waals surface area (Å²) < 4.78 is 0. The highest BCUT2D eigenvalue weighted by Gasteiger charge is 2.32. The molecule has 31 heavy (non-hydrogen) atoms. The number of hydrogen-bond acceptors (Lipinski definition) is 2. The standard InChI is InChI=1S/C25H40N4O2/c1-19(2)29(22-10-6-5-7-11-22)25(31)18-28-15-13-27(14-16-28)17-24(30)26-23-12-8-9-20(3)21(23)4/h8-9,12,19,22H,5-7,10-11,13-18H2,1-4H3,(H,26,30)/p+2. The van der Waals surface area contributed by atoms with Crippen molar-refractivity contribution in [3.8, 4) is 0 Å². The van der Waals surface area contributed by atoms with Crippen LogP contribution in [0, 0.1) is 13.8 Å². The summed E-state index contributed by atoms with van der Waals surface area (Å²) in [5.74, 6) is 0.388. The highest BCUT2D eigenvalue weighted by molar-refractivity contribution is 5.92. The number of benzene rings is 1. The summed E-state index contributed by atoms with van der Waals surface area (Å²) in [5.41, 5.74) is 3.23. The average Bonchev–Trinajstić information content (AvgIpc) is 2.73. The lowest BCUT2D eigenvalue weighted by atomic mass is 9.93. The zero-order valence-electron chi connectivity index (χ0n) is 19.9. The minimum Gasteiger partial charge on any atom is -0.332 e. The van der Waals surface area contributed by atoms with Gasteiger partial charge in [-0.15, -0.1) is 0 Å². The summed E-state index contributed by atoms with van der Waals surface area (Å²) >= 11 is 0. The van der Waals surface area contributed by atoms with Crippen molar-refractivity contribution in [3.63, 3.8) is 0 Å². The third-order valence-electron chi connectivity index (χ3n) is 7.17. The lowest BCUT2D eigenvalue weighted by Crippen LogP contribution is -3.28. The Morgan fingerprint density at radius 1 is 1.00 bits per heavy atom. The molecule has 172 valence electrons. The van der Waals surface area contributed by atoms with E-state index in [0.29, 0.717) is 25.0 Å². The Balaban J connectivity index is 1.45. The summed E-state index contributed by atoms with van der Waals surface area (Å²) in [6.07, 6.45) is 6.13. The van der Waals surface area contributed by atoms with Crippen LogP contribution in [0.1, 0.15) is 57.1 Å². The van der Waals surface area contributed by atoms with Gasteiger partial charge in [-0.25, -0.2) is 0 Å². The number of amides is 2. The van der Waals surface area contributed by atoms with Crippen molar-refractivity contribution >= 4 is 17.5 Å². The van der Waals surface area contributed by atoms with Crippen molar-refractivity contribution in [2.24, 2.45) is 0 Å². The van der Waals surface area contributed by atoms with Crippen molar-refractivity contribution in [2.45, 2.75) is 71.9 Å². The Hall–Kier alpha value is -1.92. The molecule has 0 radical (unpaired) electrons. The number of quaternary nitrogens is 2. The third-order valence-corrected chi connectivity index (χ3v) is 7.17. The van der Waals surface area contributed by atoms with Crippen LogP contribution in [-0.4, -0.2) is 68.1 Å². The predicted octanol–water partition coefficient (Wildman–Crippen LogP) is 0.595. The number of piperazine rings is 1. The number of nitrogens with one attached hydrogen (secondary N) is 3. The van der Waals surface area contributed by atoms with Gasteiger partial charge in [-0.3, -0.25) is 9.59 Å². The monoisotopic (exact) mass is 430 g/mol. The first-order valence-electron chi connectivity index (χ1n) is 12.2. The Bertz CT molecular complexity index is 750. The lowest BCUT2D eigenvalue weighted by molar-refractivity contribution is -1.00. The molecule has 3 N–H and O–H groups in total. The molecular formula is C25H42N4O2+2. The predicted molar refractivity (Wildman–Crippen MR) is 125 cm³/mol. The van der Waals surface area contributed by atoms with Crippen LogP contribution in [0.3, 0.4) is 0 Å². The molecule has 1 heterocycles. The minimum absolute atomic E-state index is 0.0755. The molecule has 1 aromatic rings. The maximum absolute atomic E-state index is 13.1. The molecule has 1 aromatic carbocycles. The van der Waals surface area contributed by atoms with E-state index in [9.17, 15) is 9.59 Å². The molecule has 6 nitrogen and oxygen atoms in total. The highest BCUT2D eigenvalue weighted by Crippen LogP contribution is 2.24. The Morgan fingerprint density at radius 3 is 2.23 bits per heavy atom. The van der Waals surface area contributed by atoms with Crippen LogP contribution in [0.2, 0.25) is 0 Å². The second kappa shape index (κ2) is 11.1. The topological polar surface area (TPSA) is 58.3 Å². The van der Waals surface area contributed by atoms with Gasteiger partial charge in [-0.05, 0) is 57.7 Å². The molecule has 1 saturated heterocycles. The number of carbonyl (C=O) groups is 2. The van der Waals surface area contributed by atoms with Gasteiger partial charge in [0.25, 0.3) is 11.8 Å². The first-order valence-corrected chi connectivity index (χ1v) is 12.2. The van der Waals surface area contributed by atoms with E-state index >= 15 is 0 Å². The van der Waals surface area contributed by atoms with E-state index in [2.05, 4.69) is 37.1 Å². The summed E-state index contributed by atoms with van der Waals surface area (Å²) in [5, 5.41) is 3.08. The second-order valence-corrected chi connectivity index (χ2v) is 9.84. The van der Waals surface area contributed by atoms with E-state index in [1.165, 1.54) is 34.6 Å². The van der Waals surface area contributed by atoms with Crippen LogP contribution in [0.5, 0.6) is 0 Å². The minimum atomic E-state index is 0.0755. The first kappa shape index (κ1) is 23.7. The third kappa shape index (κ3) is 6.53. The van der Waals surface area contributed by atoms with Crippen LogP contribution in [-0.2, 0) is 9.59 Å². The molecular weight excluding hydrogens is 388 g/mol. The molecule has 6 heteroatoms. The molecule has 1 saturated carbocycles. The van der Waals surface area contributed by atoms with Crippen molar-refractivity contribution < 1.29 is 19.4 Å². The molecule has 0 spiro atoms. The van der Waals surface area contributed by atoms with Gasteiger partial charge >= 0.3 is 0 Å². The maximum atomic E-state index is 13.1. The van der Waals surface area contributed by atoms with Crippen LogP contribution >= 0.6 is 0 Å². The molecule has 2 amide bonds. The Kier molecular flexibility index (Phi) is 8.50. The normalized spacial score (nSPS) is 22.4. The molecule has 2 aliphatic rings. The smallest absolute Gasteiger partial charge is 0.279 e. The van der Waals surface area contributed by atoms with Gasteiger partial charge in [0.05, 0.1) is 0 Å². The van der Waals surface area contributed by atoms with Crippen molar-refractivity contribution in [3.05, 3.63) is 29.3 Å². The highest BCUT2D eigenvalue weighted by atomic mass is 16.2. The number of carbonyl (C=O) groups excluding carboxylic acids is 2. The Morgan fingerprint density at radius 2 is 1.61 bits per heavy atom. The van der Waals surface area contributed by atoms with Gasteiger partial charge < -0.3 is 20.0 Å². The van der Waals surface area contributed by atoms with Crippen molar-refractivity contribution in [2.75, 3.05) is 44.6 Å². The van der Waals surface area contributed by atoms with Gasteiger partial charge in [0.2, 0.25) is 0 Å². The lowest BCUT2D eigenvalue weighted by Gasteiger charge is -2.38. The van der Waals surface area contributed by atoms with E-state index in [1.807, 2.05) is 19.1 Å². The van der Waals surface area contributed by atoms with Crippen LogP contribution in [0.15, 0.2) is 18.2 Å². The quantitative estimate of drug-likeness (QED) is 0.593. The SMILES string of the molecule is Cc1cccc(NC(=O)C[NH+]2CC[NH+](CC(=O)N(C(C)C)C3CCCCC3)CC2)c1C. The summed E-state index contributed by atoms with van der Waals surface area (Å²) in [6.45, 7) is 13.3. The summed E-state index contributed by atoms with van der Waals surface area (Å²) in [7, 11) is 0. The molecule has 2 fully saturated rings. The van der Waals surface area contributed by atoms with Crippen molar-refractivity contribution in [1.29, 1.82) is 0 Å². The molecule has 0 bridgehead atoms. The van der Waals surface area contributed by atoms with Crippen LogP contribution in [0.4, 0.5) is 5.69 Å². The average molecular weight is 431 g/mol. The molecule has 3 rings (SSSR count). The van der Waals surface area contributed by atoms with Crippen LogP contribution in [0.25, 0.3) is 0 Å². The summed E-state index contributed by atoms with van der Waals surface area (Å²) in [4.78, 5) is 30.5. The van der Waals surface area contributed by atoms with E-state index in [1.54, 1.807) is 0 Å². The molecule has 1 aliphatic carbocycles. The number of rotatable bonds is 7. The second-order valence-electron chi connectivity index (χ2n) is 9.84. The number of nitrogens with zero attached hydrogens (tertiary/aromatic N) is 1. The fraction of sp³-hybridized carbons (Fsp3) is 0.680. The van der Waals surface area contributed by atoms with Gasteiger partial charge in [0.1, 0.15) is 26.2 Å². The molecule has 0 atom stereocenters. The summed E-state index contributed by atoms with van der Waals surface area (Å²) in [6, 6.07) is 6.72. The fourth-order valence-corrected chi connectivity index (χ4v) is 5.20. The van der Waals surface area contributed by atoms with E-state index in [0.717, 1.165) is 50.3 Å². The maximum Gasteiger partial charge on any atom is 0.279 e. The number of hydrogen-bond donors (Lipinski definition) is 3. The zero-order chi connectivity index (χ0) is 22.4. The first-order chi connectivity index (χ1) is 14.8. The largest absolute Gasteiger partial charge is 0.332 e. The van der Waals surface area contributed by atoms with Gasteiger partial charge in [-0.2, -0.15) is 0 Å².